The Morgan fingerprint density at radius 1 is 0.880 bits per heavy atom. The van der Waals surface area contributed by atoms with E-state index in [1.807, 2.05) is 42.5 Å². The number of carbonyl (C=O) groups excluding carboxylic acids is 2. The number of nitrogens with one attached hydrogen (secondary N) is 2. The maximum atomic E-state index is 12.1. The first-order valence-electron chi connectivity index (χ1n) is 8.84. The van der Waals surface area contributed by atoms with Crippen LogP contribution in [0.4, 0.5) is 5.69 Å². The van der Waals surface area contributed by atoms with E-state index in [2.05, 4.69) is 15.8 Å². The predicted octanol–water partition coefficient (Wildman–Crippen LogP) is 3.99. The minimum absolute atomic E-state index is 0.132. The van der Waals surface area contributed by atoms with E-state index < -0.39 is 0 Å². The minimum Gasteiger partial charge on any atom is -0.326 e. The maximum Gasteiger partial charge on any atom is 0.240 e. The zero-order valence-corrected chi connectivity index (χ0v) is 14.3. The first kappa shape index (κ1) is 17.1. The monoisotopic (exact) mass is 337 g/mol. The van der Waals surface area contributed by atoms with Gasteiger partial charge in [0.2, 0.25) is 11.8 Å². The van der Waals surface area contributed by atoms with Crippen LogP contribution in [0.25, 0.3) is 10.8 Å². The number of fused-ring (bicyclic) bond motifs is 1. The summed E-state index contributed by atoms with van der Waals surface area (Å²) < 4.78 is 0. The average Bonchev–Trinajstić information content (AvgIpc) is 2.66. The SMILES string of the molecule is O=C(CCC(=O)Nc1cccc2ccccc12)NN=C1CCCCC1. The van der Waals surface area contributed by atoms with Crippen LogP contribution in [-0.2, 0) is 9.59 Å². The zero-order chi connectivity index (χ0) is 17.5. The summed E-state index contributed by atoms with van der Waals surface area (Å²) in [5.74, 6) is -0.386. The Labute approximate surface area is 147 Å². The second kappa shape index (κ2) is 8.42. The quantitative estimate of drug-likeness (QED) is 0.810. The molecular weight excluding hydrogens is 314 g/mol. The van der Waals surface area contributed by atoms with Crippen molar-refractivity contribution in [3.8, 4) is 0 Å². The third-order valence-corrected chi connectivity index (χ3v) is 4.41. The first-order valence-corrected chi connectivity index (χ1v) is 8.84. The summed E-state index contributed by atoms with van der Waals surface area (Å²) in [7, 11) is 0. The number of rotatable bonds is 5. The zero-order valence-electron chi connectivity index (χ0n) is 14.3. The standard InChI is InChI=1S/C20H23N3O2/c24-19(13-14-20(25)23-22-16-9-2-1-3-10-16)21-18-12-6-8-15-7-4-5-11-17(15)18/h4-8,11-12H,1-3,9-10,13-14H2,(H,21,24)(H,23,25). The summed E-state index contributed by atoms with van der Waals surface area (Å²) in [6.07, 6.45) is 5.71. The molecule has 5 heteroatoms. The molecule has 0 unspecified atom stereocenters. The molecule has 1 aliphatic carbocycles. The molecule has 0 bridgehead atoms. The molecule has 2 N–H and O–H groups in total. The molecule has 130 valence electrons. The van der Waals surface area contributed by atoms with Crippen molar-refractivity contribution in [1.29, 1.82) is 0 Å². The van der Waals surface area contributed by atoms with E-state index in [-0.39, 0.29) is 24.7 Å². The van der Waals surface area contributed by atoms with Crippen molar-refractivity contribution >= 4 is 34.0 Å². The molecule has 0 heterocycles. The second-order valence-corrected chi connectivity index (χ2v) is 6.35. The van der Waals surface area contributed by atoms with Gasteiger partial charge in [0, 0.05) is 29.6 Å². The van der Waals surface area contributed by atoms with Crippen LogP contribution in [0.3, 0.4) is 0 Å². The lowest BCUT2D eigenvalue weighted by Gasteiger charge is -2.12. The van der Waals surface area contributed by atoms with Crippen molar-refractivity contribution in [1.82, 2.24) is 5.43 Å². The summed E-state index contributed by atoms with van der Waals surface area (Å²) in [5, 5.41) is 9.13. The molecule has 1 aliphatic rings. The van der Waals surface area contributed by atoms with Crippen molar-refractivity contribution in [2.24, 2.45) is 5.10 Å². The van der Waals surface area contributed by atoms with E-state index in [9.17, 15) is 9.59 Å². The Morgan fingerprint density at radius 3 is 2.44 bits per heavy atom. The predicted molar refractivity (Wildman–Crippen MR) is 100 cm³/mol. The van der Waals surface area contributed by atoms with Gasteiger partial charge in [-0.25, -0.2) is 5.43 Å². The number of benzene rings is 2. The number of amides is 2. The van der Waals surface area contributed by atoms with Gasteiger partial charge in [0.1, 0.15) is 0 Å². The molecule has 0 aromatic heterocycles. The summed E-state index contributed by atoms with van der Waals surface area (Å²) in [6.45, 7) is 0. The van der Waals surface area contributed by atoms with Crippen LogP contribution in [0.15, 0.2) is 47.6 Å². The Balaban J connectivity index is 1.49. The molecule has 2 aromatic rings. The Kier molecular flexibility index (Phi) is 5.77. The normalized spacial score (nSPS) is 14.2. The fourth-order valence-corrected chi connectivity index (χ4v) is 3.04. The van der Waals surface area contributed by atoms with Gasteiger partial charge in [0.05, 0.1) is 0 Å². The van der Waals surface area contributed by atoms with Crippen LogP contribution in [0.5, 0.6) is 0 Å². The molecule has 2 amide bonds. The van der Waals surface area contributed by atoms with Gasteiger partial charge in [-0.15, -0.1) is 0 Å². The number of hydrogen-bond donors (Lipinski definition) is 2. The van der Waals surface area contributed by atoms with Gasteiger partial charge in [-0.1, -0.05) is 42.8 Å². The van der Waals surface area contributed by atoms with Gasteiger partial charge >= 0.3 is 0 Å². The van der Waals surface area contributed by atoms with Gasteiger partial charge in [-0.2, -0.15) is 5.10 Å². The lowest BCUT2D eigenvalue weighted by atomic mass is 9.99. The maximum absolute atomic E-state index is 12.1. The molecule has 1 saturated carbocycles. The molecule has 0 aliphatic heterocycles. The molecular formula is C20H23N3O2. The van der Waals surface area contributed by atoms with Crippen molar-refractivity contribution in [3.05, 3.63) is 42.5 Å². The first-order chi connectivity index (χ1) is 12.2. The van der Waals surface area contributed by atoms with E-state index in [0.29, 0.717) is 0 Å². The topological polar surface area (TPSA) is 70.6 Å². The molecule has 0 radical (unpaired) electrons. The third kappa shape index (κ3) is 4.89. The molecule has 0 spiro atoms. The van der Waals surface area contributed by atoms with Crippen LogP contribution in [0.1, 0.15) is 44.9 Å². The van der Waals surface area contributed by atoms with Crippen LogP contribution in [0.2, 0.25) is 0 Å². The Morgan fingerprint density at radius 2 is 1.60 bits per heavy atom. The Hall–Kier alpha value is -2.69. The largest absolute Gasteiger partial charge is 0.326 e. The molecule has 2 aromatic carbocycles. The average molecular weight is 337 g/mol. The van der Waals surface area contributed by atoms with Crippen molar-refractivity contribution in [3.63, 3.8) is 0 Å². The van der Waals surface area contributed by atoms with Gasteiger partial charge in [0.15, 0.2) is 0 Å². The van der Waals surface area contributed by atoms with E-state index in [1.54, 1.807) is 0 Å². The van der Waals surface area contributed by atoms with E-state index in [1.165, 1.54) is 6.42 Å². The van der Waals surface area contributed by atoms with Crippen LogP contribution in [-0.4, -0.2) is 17.5 Å². The number of hydrogen-bond acceptors (Lipinski definition) is 3. The summed E-state index contributed by atoms with van der Waals surface area (Å²) in [5.41, 5.74) is 4.40. The number of anilines is 1. The van der Waals surface area contributed by atoms with E-state index >= 15 is 0 Å². The highest BCUT2D eigenvalue weighted by Gasteiger charge is 2.10. The highest BCUT2D eigenvalue weighted by atomic mass is 16.2. The fraction of sp³-hybridized carbons (Fsp3) is 0.350. The highest BCUT2D eigenvalue weighted by Crippen LogP contribution is 2.23. The summed E-state index contributed by atoms with van der Waals surface area (Å²) >= 11 is 0. The summed E-state index contributed by atoms with van der Waals surface area (Å²) in [6, 6.07) is 13.7. The Bertz CT molecular complexity index is 785. The van der Waals surface area contributed by atoms with Crippen LogP contribution in [0, 0.1) is 0 Å². The molecule has 25 heavy (non-hydrogen) atoms. The lowest BCUT2D eigenvalue weighted by Crippen LogP contribution is -2.22. The molecule has 0 saturated heterocycles. The molecule has 1 fully saturated rings. The molecule has 3 rings (SSSR count). The smallest absolute Gasteiger partial charge is 0.240 e. The highest BCUT2D eigenvalue weighted by molar-refractivity contribution is 6.02. The van der Waals surface area contributed by atoms with Crippen molar-refractivity contribution in [2.75, 3.05) is 5.32 Å². The van der Waals surface area contributed by atoms with Crippen LogP contribution >= 0.6 is 0 Å². The van der Waals surface area contributed by atoms with E-state index in [0.717, 1.165) is 47.9 Å². The van der Waals surface area contributed by atoms with Gasteiger partial charge < -0.3 is 5.32 Å². The number of nitrogens with zero attached hydrogens (tertiary/aromatic N) is 1. The number of hydrazone groups is 1. The number of carbonyl (C=O) groups is 2. The second-order valence-electron chi connectivity index (χ2n) is 6.35. The van der Waals surface area contributed by atoms with Gasteiger partial charge in [-0.3, -0.25) is 9.59 Å². The third-order valence-electron chi connectivity index (χ3n) is 4.41. The van der Waals surface area contributed by atoms with E-state index in [4.69, 9.17) is 0 Å². The van der Waals surface area contributed by atoms with Gasteiger partial charge in [0.25, 0.3) is 0 Å². The summed E-state index contributed by atoms with van der Waals surface area (Å²) in [4.78, 5) is 24.0. The lowest BCUT2D eigenvalue weighted by molar-refractivity contribution is -0.124. The molecule has 0 atom stereocenters. The van der Waals surface area contributed by atoms with Crippen molar-refractivity contribution < 1.29 is 9.59 Å². The molecule has 5 nitrogen and oxygen atoms in total. The minimum atomic E-state index is -0.217. The van der Waals surface area contributed by atoms with Crippen molar-refractivity contribution in [2.45, 2.75) is 44.9 Å². The van der Waals surface area contributed by atoms with Crippen LogP contribution < -0.4 is 10.7 Å². The van der Waals surface area contributed by atoms with Gasteiger partial charge in [-0.05, 0) is 37.1 Å². The fourth-order valence-electron chi connectivity index (χ4n) is 3.04.